The number of fused-ring (bicyclic) bond motifs is 2. The highest BCUT2D eigenvalue weighted by Crippen LogP contribution is 2.40. The quantitative estimate of drug-likeness (QED) is 0.926. The molecule has 4 rings (SSSR count). The summed E-state index contributed by atoms with van der Waals surface area (Å²) in [5, 5.41) is 1.33. The van der Waals surface area contributed by atoms with Gasteiger partial charge in [-0.25, -0.2) is 0 Å². The molecule has 1 aromatic carbocycles. The topological polar surface area (TPSA) is 39.3 Å². The summed E-state index contributed by atoms with van der Waals surface area (Å²) in [6.45, 7) is 3.57. The summed E-state index contributed by atoms with van der Waals surface area (Å²) in [4.78, 5) is 20.2. The smallest absolute Gasteiger partial charge is 0.230 e. The first-order valence-corrected chi connectivity index (χ1v) is 8.36. The predicted octanol–water partition coefficient (Wildman–Crippen LogP) is 2.52. The number of nitrogens with zero attached hydrogens (tertiary/aromatic N) is 2. The number of carbonyl (C=O) groups is 1. The Kier molecular flexibility index (Phi) is 3.31. The second-order valence-electron chi connectivity index (χ2n) is 6.78. The van der Waals surface area contributed by atoms with E-state index in [0.29, 0.717) is 6.04 Å². The number of aromatic nitrogens is 1. The molecule has 2 heterocycles. The average molecular weight is 309 g/mol. The molecule has 0 fully saturated rings. The third-order valence-corrected chi connectivity index (χ3v) is 5.44. The molecule has 2 aliphatic rings. The Labute approximate surface area is 136 Å². The highest BCUT2D eigenvalue weighted by atomic mass is 16.2. The van der Waals surface area contributed by atoms with E-state index >= 15 is 0 Å². The molecule has 1 aromatic heterocycles. The van der Waals surface area contributed by atoms with Gasteiger partial charge in [-0.05, 0) is 43.2 Å². The molecule has 0 saturated heterocycles. The van der Waals surface area contributed by atoms with Crippen LogP contribution in [0.4, 0.5) is 0 Å². The molecule has 0 saturated carbocycles. The number of hydrogen-bond donors (Lipinski definition) is 1. The lowest BCUT2D eigenvalue weighted by molar-refractivity contribution is -0.133. The van der Waals surface area contributed by atoms with Crippen molar-refractivity contribution in [1.82, 2.24) is 14.8 Å². The molecule has 1 N–H and O–H groups in total. The molecule has 2 unspecified atom stereocenters. The fourth-order valence-electron chi connectivity index (χ4n) is 4.04. The van der Waals surface area contributed by atoms with E-state index in [1.165, 1.54) is 27.6 Å². The van der Waals surface area contributed by atoms with E-state index in [2.05, 4.69) is 47.4 Å². The molecule has 0 spiro atoms. The van der Waals surface area contributed by atoms with Gasteiger partial charge < -0.3 is 9.88 Å². The minimum Gasteiger partial charge on any atom is -0.361 e. The standard InChI is InChI=1S/C19H23N3O/c1-4-21(2)19(23)13-8-15-14-6-5-7-16-18(14)12(10-20-16)9-17(15)22(3)11-13/h5-8,10,13,17,20H,4,9,11H2,1-3H3. The normalized spacial score (nSPS) is 23.5. The number of H-pyrrole nitrogens is 1. The summed E-state index contributed by atoms with van der Waals surface area (Å²) in [5.74, 6) is 0.171. The molecule has 120 valence electrons. The molecule has 1 aliphatic heterocycles. The van der Waals surface area contributed by atoms with Gasteiger partial charge >= 0.3 is 0 Å². The van der Waals surface area contributed by atoms with Crippen LogP contribution in [0.25, 0.3) is 16.5 Å². The molecule has 4 heteroatoms. The zero-order valence-corrected chi connectivity index (χ0v) is 14.0. The van der Waals surface area contributed by atoms with Crippen LogP contribution in [0.3, 0.4) is 0 Å². The largest absolute Gasteiger partial charge is 0.361 e. The van der Waals surface area contributed by atoms with Gasteiger partial charge in [-0.3, -0.25) is 9.69 Å². The Morgan fingerprint density at radius 3 is 3.04 bits per heavy atom. The number of amides is 1. The van der Waals surface area contributed by atoms with E-state index in [4.69, 9.17) is 0 Å². The third-order valence-electron chi connectivity index (χ3n) is 5.44. The summed E-state index contributed by atoms with van der Waals surface area (Å²) >= 11 is 0. The second-order valence-corrected chi connectivity index (χ2v) is 6.78. The van der Waals surface area contributed by atoms with Gasteiger partial charge in [0.15, 0.2) is 0 Å². The van der Waals surface area contributed by atoms with E-state index < -0.39 is 0 Å². The molecule has 0 radical (unpaired) electrons. The second kappa shape index (κ2) is 5.24. The first-order valence-electron chi connectivity index (χ1n) is 8.36. The van der Waals surface area contributed by atoms with Crippen LogP contribution in [0.2, 0.25) is 0 Å². The van der Waals surface area contributed by atoms with Gasteiger partial charge in [0.2, 0.25) is 5.91 Å². The van der Waals surface area contributed by atoms with E-state index in [-0.39, 0.29) is 11.8 Å². The van der Waals surface area contributed by atoms with Gasteiger partial charge in [-0.1, -0.05) is 18.2 Å². The Morgan fingerprint density at radius 2 is 2.26 bits per heavy atom. The summed E-state index contributed by atoms with van der Waals surface area (Å²) < 4.78 is 0. The van der Waals surface area contributed by atoms with Gasteiger partial charge in [-0.15, -0.1) is 0 Å². The molecular weight excluding hydrogens is 286 g/mol. The zero-order valence-electron chi connectivity index (χ0n) is 14.0. The summed E-state index contributed by atoms with van der Waals surface area (Å²) in [5.41, 5.74) is 5.19. The molecule has 4 nitrogen and oxygen atoms in total. The monoisotopic (exact) mass is 309 g/mol. The van der Waals surface area contributed by atoms with Crippen molar-refractivity contribution in [3.63, 3.8) is 0 Å². The van der Waals surface area contributed by atoms with Crippen LogP contribution in [0, 0.1) is 5.92 Å². The summed E-state index contributed by atoms with van der Waals surface area (Å²) in [6.07, 6.45) is 5.38. The Bertz CT molecular complexity index is 804. The van der Waals surface area contributed by atoms with Gasteiger partial charge in [-0.2, -0.15) is 0 Å². The maximum absolute atomic E-state index is 12.6. The van der Waals surface area contributed by atoms with Crippen LogP contribution in [-0.2, 0) is 11.2 Å². The number of benzene rings is 1. The summed E-state index contributed by atoms with van der Waals surface area (Å²) in [6, 6.07) is 6.80. The van der Waals surface area contributed by atoms with Gasteiger partial charge in [0, 0.05) is 43.3 Å². The number of nitrogens with one attached hydrogen (secondary N) is 1. The summed E-state index contributed by atoms with van der Waals surface area (Å²) in [7, 11) is 4.03. The number of rotatable bonds is 2. The SMILES string of the molecule is CCN(C)C(=O)C1C=C2c3cccc4[nH]cc(c34)CC2N(C)C1. The van der Waals surface area contributed by atoms with Crippen LogP contribution < -0.4 is 0 Å². The lowest BCUT2D eigenvalue weighted by atomic mass is 9.79. The van der Waals surface area contributed by atoms with E-state index in [9.17, 15) is 4.79 Å². The van der Waals surface area contributed by atoms with Gasteiger partial charge in [0.25, 0.3) is 0 Å². The zero-order chi connectivity index (χ0) is 16.1. The Morgan fingerprint density at radius 1 is 1.43 bits per heavy atom. The third kappa shape index (κ3) is 2.12. The van der Waals surface area contributed by atoms with Crippen LogP contribution in [-0.4, -0.2) is 53.9 Å². The van der Waals surface area contributed by atoms with Crippen molar-refractivity contribution in [2.75, 3.05) is 27.2 Å². The minimum absolute atomic E-state index is 0.0491. The minimum atomic E-state index is -0.0491. The van der Waals surface area contributed by atoms with E-state index in [0.717, 1.165) is 19.5 Å². The van der Waals surface area contributed by atoms with E-state index in [1.807, 2.05) is 18.9 Å². The molecule has 23 heavy (non-hydrogen) atoms. The highest BCUT2D eigenvalue weighted by molar-refractivity contribution is 5.99. The van der Waals surface area contributed by atoms with Crippen molar-refractivity contribution in [3.05, 3.63) is 41.6 Å². The fraction of sp³-hybridized carbons (Fsp3) is 0.421. The van der Waals surface area contributed by atoms with Crippen LogP contribution in [0.1, 0.15) is 18.1 Å². The Balaban J connectivity index is 1.83. The first-order chi connectivity index (χ1) is 11.1. The van der Waals surface area contributed by atoms with Crippen molar-refractivity contribution < 1.29 is 4.79 Å². The van der Waals surface area contributed by atoms with Crippen LogP contribution in [0.5, 0.6) is 0 Å². The molecule has 2 aromatic rings. The van der Waals surface area contributed by atoms with Crippen molar-refractivity contribution >= 4 is 22.4 Å². The van der Waals surface area contributed by atoms with Crippen molar-refractivity contribution in [3.8, 4) is 0 Å². The van der Waals surface area contributed by atoms with Crippen LogP contribution in [0.15, 0.2) is 30.5 Å². The molecule has 1 aliphatic carbocycles. The highest BCUT2D eigenvalue weighted by Gasteiger charge is 2.36. The van der Waals surface area contributed by atoms with E-state index in [1.54, 1.807) is 0 Å². The average Bonchev–Trinajstić information content (AvgIpc) is 2.99. The van der Waals surface area contributed by atoms with Crippen molar-refractivity contribution in [1.29, 1.82) is 0 Å². The Hall–Kier alpha value is -2.07. The van der Waals surface area contributed by atoms with Gasteiger partial charge in [0.05, 0.1) is 5.92 Å². The number of carbonyl (C=O) groups excluding carboxylic acids is 1. The molecular formula is C19H23N3O. The fourth-order valence-corrected chi connectivity index (χ4v) is 4.04. The van der Waals surface area contributed by atoms with Crippen molar-refractivity contribution in [2.45, 2.75) is 19.4 Å². The maximum atomic E-state index is 12.6. The number of likely N-dealkylation sites (N-methyl/N-ethyl adjacent to an activating group) is 1. The van der Waals surface area contributed by atoms with Crippen molar-refractivity contribution in [2.24, 2.45) is 5.92 Å². The van der Waals surface area contributed by atoms with Crippen LogP contribution >= 0.6 is 0 Å². The lowest BCUT2D eigenvalue weighted by Gasteiger charge is -2.40. The first kappa shape index (κ1) is 14.5. The molecule has 1 amide bonds. The lowest BCUT2D eigenvalue weighted by Crippen LogP contribution is -2.46. The number of hydrogen-bond acceptors (Lipinski definition) is 2. The predicted molar refractivity (Wildman–Crippen MR) is 93.2 cm³/mol. The van der Waals surface area contributed by atoms with Gasteiger partial charge in [0.1, 0.15) is 0 Å². The number of aromatic amines is 1. The maximum Gasteiger partial charge on any atom is 0.230 e. The molecule has 0 bridgehead atoms. The molecule has 2 atom stereocenters.